The second kappa shape index (κ2) is 8.13. The van der Waals surface area contributed by atoms with E-state index in [1.54, 1.807) is 13.0 Å². The van der Waals surface area contributed by atoms with Gasteiger partial charge in [-0.2, -0.15) is 0 Å². The van der Waals surface area contributed by atoms with Gasteiger partial charge in [-0.3, -0.25) is 0 Å². The van der Waals surface area contributed by atoms with Crippen LogP contribution in [0.15, 0.2) is 53.4 Å². The lowest BCUT2D eigenvalue weighted by Crippen LogP contribution is -2.24. The van der Waals surface area contributed by atoms with Gasteiger partial charge in [0.05, 0.1) is 4.90 Å². The van der Waals surface area contributed by atoms with Crippen molar-refractivity contribution in [1.29, 1.82) is 0 Å². The van der Waals surface area contributed by atoms with Gasteiger partial charge in [0.25, 0.3) is 0 Å². The third-order valence-corrected chi connectivity index (χ3v) is 6.25. The van der Waals surface area contributed by atoms with Crippen LogP contribution in [0.1, 0.15) is 25.3 Å². The summed E-state index contributed by atoms with van der Waals surface area (Å²) >= 11 is 0. The Balaban J connectivity index is 1.93. The van der Waals surface area contributed by atoms with Crippen molar-refractivity contribution < 1.29 is 8.42 Å². The van der Waals surface area contributed by atoms with Gasteiger partial charge in [0.2, 0.25) is 10.0 Å². The van der Waals surface area contributed by atoms with Crippen molar-refractivity contribution >= 4 is 10.0 Å². The maximum Gasteiger partial charge on any atom is 0.240 e. The highest BCUT2D eigenvalue weighted by atomic mass is 32.2. The first-order valence-electron chi connectivity index (χ1n) is 9.00. The molecule has 0 saturated carbocycles. The Morgan fingerprint density at radius 3 is 2.44 bits per heavy atom. The van der Waals surface area contributed by atoms with E-state index in [0.29, 0.717) is 11.4 Å². The molecule has 5 heteroatoms. The molecule has 0 aliphatic carbocycles. The Labute approximate surface area is 150 Å². The molecule has 0 bridgehead atoms. The molecular formula is C20H26N2O2S. The zero-order valence-electron chi connectivity index (χ0n) is 14.7. The quantitative estimate of drug-likeness (QED) is 0.826. The van der Waals surface area contributed by atoms with Crippen LogP contribution in [0, 0.1) is 0 Å². The van der Waals surface area contributed by atoms with Crippen LogP contribution in [0.25, 0.3) is 11.1 Å². The third-order valence-electron chi connectivity index (χ3n) is 4.70. The van der Waals surface area contributed by atoms with Gasteiger partial charge >= 0.3 is 0 Å². The molecule has 134 valence electrons. The maximum absolute atomic E-state index is 12.4. The van der Waals surface area contributed by atoms with Gasteiger partial charge < -0.3 is 4.90 Å². The van der Waals surface area contributed by atoms with Crippen molar-refractivity contribution in [3.63, 3.8) is 0 Å². The minimum absolute atomic E-state index is 0.352. The molecule has 1 N–H and O–H groups in total. The predicted octanol–water partition coefficient (Wildman–Crippen LogP) is 3.29. The molecule has 0 spiro atoms. The van der Waals surface area contributed by atoms with Crippen LogP contribution in [0.3, 0.4) is 0 Å². The number of nitrogens with zero attached hydrogens (tertiary/aromatic N) is 1. The van der Waals surface area contributed by atoms with Crippen molar-refractivity contribution in [3.05, 3.63) is 54.1 Å². The zero-order chi connectivity index (χ0) is 17.7. The number of sulfonamides is 1. The summed E-state index contributed by atoms with van der Waals surface area (Å²) in [4.78, 5) is 2.81. The highest BCUT2D eigenvalue weighted by Gasteiger charge is 2.17. The van der Waals surface area contributed by atoms with Crippen LogP contribution in [-0.4, -0.2) is 39.5 Å². The Hall–Kier alpha value is -1.69. The second-order valence-corrected chi connectivity index (χ2v) is 8.25. The number of benzene rings is 2. The van der Waals surface area contributed by atoms with E-state index < -0.39 is 10.0 Å². The lowest BCUT2D eigenvalue weighted by molar-refractivity contribution is 0.343. The zero-order valence-corrected chi connectivity index (χ0v) is 15.6. The lowest BCUT2D eigenvalue weighted by atomic mass is 9.97. The Bertz CT molecular complexity index is 798. The Morgan fingerprint density at radius 1 is 1.04 bits per heavy atom. The molecule has 0 atom stereocenters. The molecular weight excluding hydrogens is 332 g/mol. The van der Waals surface area contributed by atoms with Crippen molar-refractivity contribution in [2.45, 2.75) is 31.1 Å². The molecule has 1 saturated heterocycles. The molecule has 2 aromatic carbocycles. The Morgan fingerprint density at radius 2 is 1.76 bits per heavy atom. The first-order valence-corrected chi connectivity index (χ1v) is 10.5. The molecule has 0 radical (unpaired) electrons. The molecule has 25 heavy (non-hydrogen) atoms. The monoisotopic (exact) mass is 358 g/mol. The summed E-state index contributed by atoms with van der Waals surface area (Å²) in [6.07, 6.45) is 3.39. The van der Waals surface area contributed by atoms with Crippen molar-refractivity contribution in [2.24, 2.45) is 0 Å². The first-order chi connectivity index (χ1) is 12.1. The summed E-state index contributed by atoms with van der Waals surface area (Å²) in [6.45, 7) is 5.46. The molecule has 1 fully saturated rings. The van der Waals surface area contributed by atoms with Crippen LogP contribution < -0.4 is 4.72 Å². The predicted molar refractivity (Wildman–Crippen MR) is 102 cm³/mol. The van der Waals surface area contributed by atoms with Crippen molar-refractivity contribution in [2.75, 3.05) is 26.2 Å². The molecule has 0 aromatic heterocycles. The van der Waals surface area contributed by atoms with Crippen LogP contribution in [0.4, 0.5) is 0 Å². The summed E-state index contributed by atoms with van der Waals surface area (Å²) < 4.78 is 27.3. The van der Waals surface area contributed by atoms with Crippen LogP contribution in [-0.2, 0) is 16.4 Å². The summed E-state index contributed by atoms with van der Waals surface area (Å²) in [7, 11) is -3.43. The van der Waals surface area contributed by atoms with Crippen molar-refractivity contribution in [1.82, 2.24) is 9.62 Å². The summed E-state index contributed by atoms with van der Waals surface area (Å²) in [5, 5.41) is 0. The normalized spacial score (nSPS) is 15.6. The van der Waals surface area contributed by atoms with Gasteiger partial charge in [0, 0.05) is 13.1 Å². The standard InChI is InChI=1S/C20H26N2O2S/c1-2-21-25(23,24)19-10-11-20(17-8-4-3-5-9-17)18(16-19)12-15-22-13-6-7-14-22/h3-5,8-11,16,21H,2,6-7,12-15H2,1H3. The minimum Gasteiger partial charge on any atom is -0.303 e. The average molecular weight is 359 g/mol. The molecule has 3 rings (SSSR count). The summed E-state index contributed by atoms with van der Waals surface area (Å²) in [6, 6.07) is 15.7. The number of nitrogens with one attached hydrogen (secondary N) is 1. The fraction of sp³-hybridized carbons (Fsp3) is 0.400. The van der Waals surface area contributed by atoms with Gasteiger partial charge in [0.1, 0.15) is 0 Å². The van der Waals surface area contributed by atoms with Gasteiger partial charge in [-0.05, 0) is 61.2 Å². The second-order valence-electron chi connectivity index (χ2n) is 6.49. The first kappa shape index (κ1) is 18.1. The topological polar surface area (TPSA) is 49.4 Å². The molecule has 0 unspecified atom stereocenters. The number of hydrogen-bond acceptors (Lipinski definition) is 3. The van der Waals surface area contributed by atoms with E-state index in [9.17, 15) is 8.42 Å². The van der Waals surface area contributed by atoms with Crippen LogP contribution in [0.5, 0.6) is 0 Å². The Kier molecular flexibility index (Phi) is 5.89. The minimum atomic E-state index is -3.43. The SMILES string of the molecule is CCNS(=O)(=O)c1ccc(-c2ccccc2)c(CCN2CCCC2)c1. The van der Waals surface area contributed by atoms with Crippen LogP contribution >= 0.6 is 0 Å². The van der Waals surface area contributed by atoms with Crippen molar-refractivity contribution in [3.8, 4) is 11.1 Å². The van der Waals surface area contributed by atoms with E-state index >= 15 is 0 Å². The molecule has 1 heterocycles. The summed E-state index contributed by atoms with van der Waals surface area (Å²) in [5.41, 5.74) is 3.35. The third kappa shape index (κ3) is 4.48. The lowest BCUT2D eigenvalue weighted by Gasteiger charge is -2.17. The van der Waals surface area contributed by atoms with E-state index in [1.165, 1.54) is 12.8 Å². The molecule has 1 aliphatic heterocycles. The molecule has 2 aromatic rings. The van der Waals surface area contributed by atoms with Gasteiger partial charge in [-0.1, -0.05) is 43.3 Å². The number of likely N-dealkylation sites (tertiary alicyclic amines) is 1. The fourth-order valence-electron chi connectivity index (χ4n) is 3.40. The molecule has 0 amide bonds. The highest BCUT2D eigenvalue weighted by Crippen LogP contribution is 2.27. The average Bonchev–Trinajstić information content (AvgIpc) is 3.14. The fourth-order valence-corrected chi connectivity index (χ4v) is 4.49. The van der Waals surface area contributed by atoms with E-state index in [1.807, 2.05) is 30.3 Å². The molecule has 4 nitrogen and oxygen atoms in total. The van der Waals surface area contributed by atoms with E-state index in [-0.39, 0.29) is 0 Å². The van der Waals surface area contributed by atoms with Crippen LogP contribution in [0.2, 0.25) is 0 Å². The number of hydrogen-bond donors (Lipinski definition) is 1. The number of rotatable bonds is 7. The van der Waals surface area contributed by atoms with E-state index in [0.717, 1.165) is 42.7 Å². The van der Waals surface area contributed by atoms with Gasteiger partial charge in [0.15, 0.2) is 0 Å². The summed E-state index contributed by atoms with van der Waals surface area (Å²) in [5.74, 6) is 0. The van der Waals surface area contributed by atoms with E-state index in [4.69, 9.17) is 0 Å². The smallest absolute Gasteiger partial charge is 0.240 e. The van der Waals surface area contributed by atoms with Gasteiger partial charge in [-0.25, -0.2) is 13.1 Å². The maximum atomic E-state index is 12.4. The molecule has 1 aliphatic rings. The highest BCUT2D eigenvalue weighted by molar-refractivity contribution is 7.89. The van der Waals surface area contributed by atoms with Gasteiger partial charge in [-0.15, -0.1) is 0 Å². The largest absolute Gasteiger partial charge is 0.303 e. The van der Waals surface area contributed by atoms with E-state index in [2.05, 4.69) is 21.8 Å².